The van der Waals surface area contributed by atoms with E-state index in [2.05, 4.69) is 21.4 Å². The second-order valence-electron chi connectivity index (χ2n) is 3.46. The number of rotatable bonds is 4. The van der Waals surface area contributed by atoms with Crippen LogP contribution in [0.2, 0.25) is 0 Å². The molecule has 94 valence electrons. The van der Waals surface area contributed by atoms with Gasteiger partial charge in [0, 0.05) is 4.88 Å². The zero-order valence-electron chi connectivity index (χ0n) is 9.35. The first-order valence-corrected chi connectivity index (χ1v) is 6.78. The van der Waals surface area contributed by atoms with Crippen molar-refractivity contribution in [3.05, 3.63) is 50.6 Å². The second-order valence-corrected chi connectivity index (χ2v) is 5.48. The Bertz CT molecular complexity index is 557. The normalized spacial score (nSPS) is 10.1. The van der Waals surface area contributed by atoms with E-state index in [-0.39, 0.29) is 5.91 Å². The van der Waals surface area contributed by atoms with Gasteiger partial charge >= 0.3 is 0 Å². The number of halogens is 1. The second kappa shape index (κ2) is 5.99. The molecule has 1 amide bonds. The summed E-state index contributed by atoms with van der Waals surface area (Å²) in [5.74, 6) is 5.56. The molecule has 1 aromatic carbocycles. The predicted molar refractivity (Wildman–Crippen MR) is 74.4 cm³/mol. The number of ether oxygens (including phenoxy) is 1. The van der Waals surface area contributed by atoms with Gasteiger partial charge in [0.25, 0.3) is 5.91 Å². The van der Waals surface area contributed by atoms with Crippen LogP contribution in [0.5, 0.6) is 5.75 Å². The van der Waals surface area contributed by atoms with Crippen molar-refractivity contribution in [2.45, 2.75) is 6.61 Å². The van der Waals surface area contributed by atoms with Crippen LogP contribution in [0.1, 0.15) is 14.5 Å². The summed E-state index contributed by atoms with van der Waals surface area (Å²) in [5.41, 5.74) is 2.10. The molecule has 0 aliphatic carbocycles. The Labute approximate surface area is 117 Å². The fourth-order valence-electron chi connectivity index (χ4n) is 1.36. The van der Waals surface area contributed by atoms with Gasteiger partial charge in [-0.05, 0) is 40.2 Å². The number of thiophene rings is 1. The Morgan fingerprint density at radius 3 is 2.83 bits per heavy atom. The molecule has 1 heterocycles. The highest BCUT2D eigenvalue weighted by Crippen LogP contribution is 2.26. The van der Waals surface area contributed by atoms with E-state index in [1.54, 1.807) is 6.07 Å². The summed E-state index contributed by atoms with van der Waals surface area (Å²) in [7, 11) is 0. The van der Waals surface area contributed by atoms with Crippen molar-refractivity contribution in [2.24, 2.45) is 5.84 Å². The van der Waals surface area contributed by atoms with E-state index in [4.69, 9.17) is 10.6 Å². The van der Waals surface area contributed by atoms with E-state index in [0.717, 1.165) is 15.1 Å². The van der Waals surface area contributed by atoms with E-state index >= 15 is 0 Å². The maximum atomic E-state index is 11.3. The molecule has 0 aliphatic rings. The van der Waals surface area contributed by atoms with Crippen molar-refractivity contribution in [1.82, 2.24) is 5.43 Å². The molecule has 6 heteroatoms. The highest BCUT2D eigenvalue weighted by molar-refractivity contribution is 9.10. The van der Waals surface area contributed by atoms with Gasteiger partial charge in [0.05, 0.1) is 9.35 Å². The van der Waals surface area contributed by atoms with E-state index in [1.807, 2.05) is 30.3 Å². The van der Waals surface area contributed by atoms with E-state index in [1.165, 1.54) is 11.3 Å². The van der Waals surface area contributed by atoms with E-state index in [0.29, 0.717) is 11.5 Å². The largest absolute Gasteiger partial charge is 0.487 e. The first kappa shape index (κ1) is 13.1. The lowest BCUT2D eigenvalue weighted by atomic mass is 10.3. The summed E-state index contributed by atoms with van der Waals surface area (Å²) < 4.78 is 6.55. The first-order chi connectivity index (χ1) is 8.70. The van der Waals surface area contributed by atoms with Crippen LogP contribution < -0.4 is 16.0 Å². The molecule has 2 aromatic rings. The minimum absolute atomic E-state index is 0.285. The van der Waals surface area contributed by atoms with Crippen molar-refractivity contribution in [2.75, 3.05) is 0 Å². The highest BCUT2D eigenvalue weighted by Gasteiger charge is 2.08. The Balaban J connectivity index is 2.01. The number of hydrogen-bond donors (Lipinski definition) is 2. The third-order valence-electron chi connectivity index (χ3n) is 2.22. The maximum absolute atomic E-state index is 11.3. The number of benzene rings is 1. The molecule has 0 aliphatic heterocycles. The number of para-hydroxylation sites is 1. The summed E-state index contributed by atoms with van der Waals surface area (Å²) in [4.78, 5) is 12.8. The van der Waals surface area contributed by atoms with Crippen LogP contribution in [0.15, 0.2) is 40.9 Å². The van der Waals surface area contributed by atoms with E-state index in [9.17, 15) is 4.79 Å². The number of hydrogen-bond acceptors (Lipinski definition) is 4. The summed E-state index contributed by atoms with van der Waals surface area (Å²) in [5, 5.41) is 0. The highest BCUT2D eigenvalue weighted by atomic mass is 79.9. The lowest BCUT2D eigenvalue weighted by Gasteiger charge is -2.05. The molecular weight excluding hydrogens is 316 g/mol. The molecule has 0 saturated carbocycles. The van der Waals surface area contributed by atoms with Gasteiger partial charge in [-0.25, -0.2) is 5.84 Å². The SMILES string of the molecule is NNC(=O)c1ccc(COc2ccccc2Br)s1. The lowest BCUT2D eigenvalue weighted by Crippen LogP contribution is -2.29. The number of amides is 1. The molecule has 0 unspecified atom stereocenters. The molecule has 0 bridgehead atoms. The Kier molecular flexibility index (Phi) is 4.35. The zero-order valence-corrected chi connectivity index (χ0v) is 11.8. The van der Waals surface area contributed by atoms with Gasteiger partial charge in [-0.3, -0.25) is 10.2 Å². The molecule has 3 N–H and O–H groups in total. The molecule has 4 nitrogen and oxygen atoms in total. The van der Waals surface area contributed by atoms with Crippen molar-refractivity contribution in [3.8, 4) is 5.75 Å². The predicted octanol–water partition coefficient (Wildman–Crippen LogP) is 2.69. The van der Waals surface area contributed by atoms with Gasteiger partial charge < -0.3 is 4.74 Å². The van der Waals surface area contributed by atoms with Crippen LogP contribution >= 0.6 is 27.3 Å². The van der Waals surface area contributed by atoms with Gasteiger partial charge in [0.15, 0.2) is 0 Å². The molecule has 18 heavy (non-hydrogen) atoms. The topological polar surface area (TPSA) is 64.3 Å². The molecule has 0 fully saturated rings. The van der Waals surface area contributed by atoms with Crippen LogP contribution in [0.25, 0.3) is 0 Å². The molecule has 0 saturated heterocycles. The van der Waals surface area contributed by atoms with Crippen molar-refractivity contribution in [1.29, 1.82) is 0 Å². The van der Waals surface area contributed by atoms with Gasteiger partial charge in [-0.2, -0.15) is 0 Å². The van der Waals surface area contributed by atoms with Crippen molar-refractivity contribution >= 4 is 33.2 Å². The summed E-state index contributed by atoms with van der Waals surface area (Å²) in [6.07, 6.45) is 0. The van der Waals surface area contributed by atoms with Crippen molar-refractivity contribution in [3.63, 3.8) is 0 Å². The summed E-state index contributed by atoms with van der Waals surface area (Å²) in [6, 6.07) is 11.2. The summed E-state index contributed by atoms with van der Waals surface area (Å²) in [6.45, 7) is 0.422. The Morgan fingerprint density at radius 1 is 1.33 bits per heavy atom. The van der Waals surface area contributed by atoms with Crippen LogP contribution in [-0.4, -0.2) is 5.91 Å². The first-order valence-electron chi connectivity index (χ1n) is 5.17. The fraction of sp³-hybridized carbons (Fsp3) is 0.0833. The monoisotopic (exact) mass is 326 g/mol. The molecule has 0 spiro atoms. The van der Waals surface area contributed by atoms with Gasteiger partial charge in [-0.1, -0.05) is 12.1 Å². The molecule has 2 rings (SSSR count). The average molecular weight is 327 g/mol. The summed E-state index contributed by atoms with van der Waals surface area (Å²) >= 11 is 4.77. The molecule has 1 aromatic heterocycles. The molecule has 0 radical (unpaired) electrons. The fourth-order valence-corrected chi connectivity index (χ4v) is 2.58. The average Bonchev–Trinajstić information content (AvgIpc) is 2.86. The number of hydrazine groups is 1. The van der Waals surface area contributed by atoms with E-state index < -0.39 is 0 Å². The molecular formula is C12H11BrN2O2S. The number of carbonyl (C=O) groups is 1. The van der Waals surface area contributed by atoms with Crippen LogP contribution in [-0.2, 0) is 6.61 Å². The Morgan fingerprint density at radius 2 is 2.11 bits per heavy atom. The molecule has 0 atom stereocenters. The quantitative estimate of drug-likeness (QED) is 0.516. The minimum atomic E-state index is -0.285. The van der Waals surface area contributed by atoms with Crippen LogP contribution in [0, 0.1) is 0 Å². The Hall–Kier alpha value is -1.37. The van der Waals surface area contributed by atoms with Gasteiger partial charge in [0.1, 0.15) is 12.4 Å². The standard InChI is InChI=1S/C12H11BrN2O2S/c13-9-3-1-2-4-10(9)17-7-8-5-6-11(18-8)12(16)15-14/h1-6H,7,14H2,(H,15,16). The van der Waals surface area contributed by atoms with Gasteiger partial charge in [-0.15, -0.1) is 11.3 Å². The smallest absolute Gasteiger partial charge is 0.275 e. The number of nitrogen functional groups attached to an aromatic ring is 1. The third-order valence-corrected chi connectivity index (χ3v) is 3.94. The number of nitrogens with two attached hydrogens (primary N) is 1. The van der Waals surface area contributed by atoms with Crippen molar-refractivity contribution < 1.29 is 9.53 Å². The zero-order chi connectivity index (χ0) is 13.0. The number of carbonyl (C=O) groups excluding carboxylic acids is 1. The number of nitrogens with one attached hydrogen (secondary N) is 1. The third kappa shape index (κ3) is 3.10. The minimum Gasteiger partial charge on any atom is -0.487 e. The lowest BCUT2D eigenvalue weighted by molar-refractivity contribution is 0.0957. The van der Waals surface area contributed by atoms with Crippen LogP contribution in [0.4, 0.5) is 0 Å². The maximum Gasteiger partial charge on any atom is 0.275 e. The van der Waals surface area contributed by atoms with Gasteiger partial charge in [0.2, 0.25) is 0 Å². The van der Waals surface area contributed by atoms with Crippen LogP contribution in [0.3, 0.4) is 0 Å².